The lowest BCUT2D eigenvalue weighted by Gasteiger charge is -2.46. The van der Waals surface area contributed by atoms with Gasteiger partial charge in [0.25, 0.3) is 5.91 Å². The molecule has 0 unspecified atom stereocenters. The minimum absolute atomic E-state index is 0.0542. The van der Waals surface area contributed by atoms with Crippen molar-refractivity contribution >= 4 is 23.2 Å². The number of nitrogens with zero attached hydrogens (tertiary/aromatic N) is 2. The second-order valence-corrected chi connectivity index (χ2v) is 9.26. The number of rotatable bonds is 3. The second kappa shape index (κ2) is 7.29. The molecule has 2 aromatic rings. The molecule has 1 aromatic carbocycles. The van der Waals surface area contributed by atoms with Crippen molar-refractivity contribution in [3.63, 3.8) is 0 Å². The number of aromatic amines is 1. The van der Waals surface area contributed by atoms with Gasteiger partial charge in [0.2, 0.25) is 5.78 Å². The van der Waals surface area contributed by atoms with Crippen LogP contribution in [0.15, 0.2) is 47.1 Å². The summed E-state index contributed by atoms with van der Waals surface area (Å²) in [5.41, 5.74) is 5.11. The quantitative estimate of drug-likeness (QED) is 0.424. The Bertz CT molecular complexity index is 1320. The van der Waals surface area contributed by atoms with Crippen molar-refractivity contribution in [2.24, 2.45) is 17.6 Å². The number of hydrogen-bond acceptors (Lipinski definition) is 8. The minimum atomic E-state index is -2.51. The molecule has 0 fully saturated rings. The zero-order valence-electron chi connectivity index (χ0n) is 18.6. The van der Waals surface area contributed by atoms with Crippen molar-refractivity contribution in [2.45, 2.75) is 24.9 Å². The van der Waals surface area contributed by atoms with E-state index in [2.05, 4.69) is 10.2 Å². The molecule has 34 heavy (non-hydrogen) atoms. The van der Waals surface area contributed by atoms with Crippen LogP contribution in [0.5, 0.6) is 0 Å². The lowest BCUT2D eigenvalue weighted by atomic mass is 9.60. The molecule has 5 rings (SSSR count). The van der Waals surface area contributed by atoms with E-state index in [4.69, 9.17) is 5.73 Å². The van der Waals surface area contributed by atoms with Gasteiger partial charge in [0, 0.05) is 55.0 Å². The molecule has 10 heteroatoms. The summed E-state index contributed by atoms with van der Waals surface area (Å²) in [5.74, 6) is -5.58. The molecule has 0 radical (unpaired) electrons. The summed E-state index contributed by atoms with van der Waals surface area (Å²) >= 11 is 0. The van der Waals surface area contributed by atoms with Crippen LogP contribution in [-0.2, 0) is 16.0 Å². The van der Waals surface area contributed by atoms with Gasteiger partial charge in [-0.25, -0.2) is 0 Å². The third-order valence-electron chi connectivity index (χ3n) is 7.22. The number of nitrogens with two attached hydrogens (primary N) is 1. The van der Waals surface area contributed by atoms with E-state index in [1.807, 2.05) is 25.1 Å². The van der Waals surface area contributed by atoms with E-state index in [1.54, 1.807) is 18.3 Å². The second-order valence-electron chi connectivity index (χ2n) is 9.26. The SMILES string of the molecule is CN(C)c1ccc(-c2ccn[nH]2)c2c1C[C@H]1C[C@H]3CC(O)=C(C(N)=O)C(=O)[C@@]3(O)C(O)=C1C2=O. The number of nitrogens with one attached hydrogen (secondary N) is 1. The molecule has 3 aliphatic rings. The highest BCUT2D eigenvalue weighted by Crippen LogP contribution is 2.52. The van der Waals surface area contributed by atoms with Gasteiger partial charge in [-0.15, -0.1) is 0 Å². The monoisotopic (exact) mass is 464 g/mol. The van der Waals surface area contributed by atoms with E-state index in [-0.39, 0.29) is 18.4 Å². The molecule has 3 atom stereocenters. The number of primary amides is 1. The molecular weight excluding hydrogens is 440 g/mol. The zero-order valence-corrected chi connectivity index (χ0v) is 18.6. The van der Waals surface area contributed by atoms with Crippen LogP contribution in [0.3, 0.4) is 0 Å². The first-order valence-corrected chi connectivity index (χ1v) is 10.9. The molecule has 1 aromatic heterocycles. The number of carbonyl (C=O) groups is 3. The van der Waals surface area contributed by atoms with Crippen LogP contribution in [0.25, 0.3) is 11.3 Å². The summed E-state index contributed by atoms with van der Waals surface area (Å²) < 4.78 is 0. The molecule has 10 nitrogen and oxygen atoms in total. The Morgan fingerprint density at radius 2 is 1.94 bits per heavy atom. The van der Waals surface area contributed by atoms with Gasteiger partial charge in [-0.2, -0.15) is 5.10 Å². The number of aromatic nitrogens is 2. The van der Waals surface area contributed by atoms with Crippen molar-refractivity contribution in [1.82, 2.24) is 10.2 Å². The molecule has 0 aliphatic heterocycles. The van der Waals surface area contributed by atoms with Crippen molar-refractivity contribution in [3.05, 3.63) is 58.2 Å². The Kier molecular flexibility index (Phi) is 4.70. The Labute approximate surface area is 194 Å². The van der Waals surface area contributed by atoms with Gasteiger partial charge in [-0.05, 0) is 36.5 Å². The number of allylic oxidation sites excluding steroid dienone is 2. The molecule has 0 bridgehead atoms. The number of ketones is 2. The number of carbonyl (C=O) groups excluding carboxylic acids is 3. The van der Waals surface area contributed by atoms with Crippen LogP contribution in [-0.4, -0.2) is 62.7 Å². The van der Waals surface area contributed by atoms with Gasteiger partial charge in [-0.3, -0.25) is 19.5 Å². The Morgan fingerprint density at radius 1 is 1.21 bits per heavy atom. The number of aliphatic hydroxyl groups excluding tert-OH is 2. The van der Waals surface area contributed by atoms with Gasteiger partial charge in [-0.1, -0.05) is 6.07 Å². The van der Waals surface area contributed by atoms with Crippen LogP contribution in [0.2, 0.25) is 0 Å². The van der Waals surface area contributed by atoms with Gasteiger partial charge < -0.3 is 26.0 Å². The maximum atomic E-state index is 13.9. The van der Waals surface area contributed by atoms with Crippen molar-refractivity contribution in [2.75, 3.05) is 19.0 Å². The summed E-state index contributed by atoms with van der Waals surface area (Å²) in [4.78, 5) is 40.7. The number of benzene rings is 1. The van der Waals surface area contributed by atoms with Crippen LogP contribution < -0.4 is 10.6 Å². The van der Waals surface area contributed by atoms with E-state index in [0.29, 0.717) is 23.2 Å². The minimum Gasteiger partial charge on any atom is -0.511 e. The van der Waals surface area contributed by atoms with Crippen molar-refractivity contribution in [3.8, 4) is 11.3 Å². The summed E-state index contributed by atoms with van der Waals surface area (Å²) in [7, 11) is 3.73. The lowest BCUT2D eigenvalue weighted by molar-refractivity contribution is -0.144. The molecular formula is C24H24N4O6. The molecule has 0 saturated heterocycles. The molecule has 3 aliphatic carbocycles. The van der Waals surface area contributed by atoms with E-state index < -0.39 is 52.0 Å². The maximum Gasteiger partial charge on any atom is 0.255 e. The highest BCUT2D eigenvalue weighted by Gasteiger charge is 2.59. The third kappa shape index (κ3) is 2.78. The van der Waals surface area contributed by atoms with Crippen LogP contribution in [0.4, 0.5) is 5.69 Å². The van der Waals surface area contributed by atoms with E-state index in [9.17, 15) is 29.7 Å². The fraction of sp³-hybridized carbons (Fsp3) is 0.333. The summed E-state index contributed by atoms with van der Waals surface area (Å²) in [5, 5.41) is 39.7. The highest BCUT2D eigenvalue weighted by atomic mass is 16.3. The summed E-state index contributed by atoms with van der Waals surface area (Å²) in [6, 6.07) is 5.42. The number of anilines is 1. The molecule has 1 heterocycles. The van der Waals surface area contributed by atoms with E-state index in [0.717, 1.165) is 11.3 Å². The number of aliphatic hydroxyl groups is 3. The van der Waals surface area contributed by atoms with Gasteiger partial charge in [0.1, 0.15) is 17.1 Å². The van der Waals surface area contributed by atoms with Gasteiger partial charge in [0.05, 0.1) is 5.69 Å². The predicted molar refractivity (Wildman–Crippen MR) is 121 cm³/mol. The van der Waals surface area contributed by atoms with Crippen LogP contribution in [0.1, 0.15) is 28.8 Å². The van der Waals surface area contributed by atoms with Crippen LogP contribution in [0, 0.1) is 11.8 Å². The van der Waals surface area contributed by atoms with Gasteiger partial charge >= 0.3 is 0 Å². The van der Waals surface area contributed by atoms with E-state index in [1.165, 1.54) is 0 Å². The van der Waals surface area contributed by atoms with E-state index >= 15 is 0 Å². The van der Waals surface area contributed by atoms with Crippen molar-refractivity contribution in [1.29, 1.82) is 0 Å². The van der Waals surface area contributed by atoms with Crippen LogP contribution >= 0.6 is 0 Å². The molecule has 0 saturated carbocycles. The number of H-pyrrole nitrogens is 1. The maximum absolute atomic E-state index is 13.9. The largest absolute Gasteiger partial charge is 0.511 e. The van der Waals surface area contributed by atoms with Gasteiger partial charge in [0.15, 0.2) is 11.4 Å². The first-order valence-electron chi connectivity index (χ1n) is 10.9. The zero-order chi connectivity index (χ0) is 24.5. The first kappa shape index (κ1) is 21.9. The normalized spacial score (nSPS) is 26.2. The Balaban J connectivity index is 1.73. The fourth-order valence-electron chi connectivity index (χ4n) is 5.67. The molecule has 176 valence electrons. The smallest absolute Gasteiger partial charge is 0.255 e. The number of Topliss-reactive ketones (excluding diaryl/α,β-unsaturated/α-hetero) is 2. The molecule has 1 amide bonds. The number of amides is 1. The number of fused-ring (bicyclic) bond motifs is 3. The highest BCUT2D eigenvalue weighted by molar-refractivity contribution is 6.24. The number of hydrogen-bond donors (Lipinski definition) is 5. The average molecular weight is 464 g/mol. The molecule has 0 spiro atoms. The summed E-state index contributed by atoms with van der Waals surface area (Å²) in [6.45, 7) is 0. The Morgan fingerprint density at radius 3 is 2.56 bits per heavy atom. The standard InChI is InChI=1S/C24H24N4O6/c1-28(2)15-4-3-12(14-5-6-26-27-14)18-13(15)8-10-7-11-9-16(29)19(23(25)33)22(32)24(11,34)21(31)17(10)20(18)30/h3-6,10-11,29,31,34H,7-9H2,1-2H3,(H2,25,33)(H,26,27)/t10-,11+,24+/m1/s1. The molecule has 6 N–H and O–H groups in total. The first-order chi connectivity index (χ1) is 16.1. The predicted octanol–water partition coefficient (Wildman–Crippen LogP) is 1.33. The summed E-state index contributed by atoms with van der Waals surface area (Å²) in [6.07, 6.45) is 1.88. The van der Waals surface area contributed by atoms with Crippen molar-refractivity contribution < 1.29 is 29.7 Å². The fourth-order valence-corrected chi connectivity index (χ4v) is 5.67. The Hall–Kier alpha value is -3.92. The third-order valence-corrected chi connectivity index (χ3v) is 7.22. The average Bonchev–Trinajstić information content (AvgIpc) is 3.30. The topological polar surface area (TPSA) is 170 Å². The lowest BCUT2D eigenvalue weighted by Crippen LogP contribution is -2.57.